The molecule has 0 bridgehead atoms. The van der Waals surface area contributed by atoms with E-state index in [1.54, 1.807) is 36.4 Å². The zero-order valence-corrected chi connectivity index (χ0v) is 27.7. The molecule has 12 nitrogen and oxygen atoms in total. The minimum atomic E-state index is -2.16. The maximum Gasteiger partial charge on any atom is 0.331 e. The van der Waals surface area contributed by atoms with Crippen molar-refractivity contribution in [3.05, 3.63) is 60.2 Å². The second-order valence-electron chi connectivity index (χ2n) is 12.4. The SMILES string of the molecule is CCCCCCCCOc1ccc(NC(=O)C(CCCN)NC(=O)C2(O)CC(CO)C(O)C(OC(=O)/C=C/c3ccc(O)cc3)C2)cc1. The summed E-state index contributed by atoms with van der Waals surface area (Å²) in [5.74, 6) is -2.49. The molecule has 5 atom stereocenters. The van der Waals surface area contributed by atoms with Gasteiger partial charge >= 0.3 is 5.97 Å². The van der Waals surface area contributed by atoms with Gasteiger partial charge in [-0.15, -0.1) is 0 Å². The predicted molar refractivity (Wildman–Crippen MR) is 182 cm³/mol. The number of benzene rings is 2. The Morgan fingerprint density at radius 3 is 2.35 bits per heavy atom. The van der Waals surface area contributed by atoms with Crippen molar-refractivity contribution in [2.45, 2.75) is 95.0 Å². The van der Waals surface area contributed by atoms with Crippen molar-refractivity contribution in [3.8, 4) is 11.5 Å². The van der Waals surface area contributed by atoms with Crippen LogP contribution in [0.2, 0.25) is 0 Å². The number of nitrogens with two attached hydrogens (primary N) is 1. The number of hydrogen-bond acceptors (Lipinski definition) is 10. The van der Waals surface area contributed by atoms with E-state index >= 15 is 0 Å². The number of carbonyl (C=O) groups is 3. The van der Waals surface area contributed by atoms with Crippen LogP contribution in [0.3, 0.4) is 0 Å². The van der Waals surface area contributed by atoms with E-state index in [0.717, 1.165) is 18.9 Å². The van der Waals surface area contributed by atoms with Gasteiger partial charge in [0.2, 0.25) is 5.91 Å². The molecular formula is C36H51N3O9. The molecule has 48 heavy (non-hydrogen) atoms. The number of aliphatic hydroxyl groups is 3. The molecule has 0 aromatic heterocycles. The summed E-state index contributed by atoms with van der Waals surface area (Å²) in [5, 5.41) is 46.9. The van der Waals surface area contributed by atoms with Crippen LogP contribution in [-0.4, -0.2) is 81.8 Å². The molecule has 5 unspecified atom stereocenters. The number of phenols is 1. The fourth-order valence-corrected chi connectivity index (χ4v) is 5.62. The molecule has 1 aliphatic carbocycles. The zero-order valence-electron chi connectivity index (χ0n) is 27.7. The van der Waals surface area contributed by atoms with Crippen molar-refractivity contribution < 1.29 is 44.3 Å². The molecule has 12 heteroatoms. The van der Waals surface area contributed by atoms with E-state index in [1.165, 1.54) is 43.9 Å². The van der Waals surface area contributed by atoms with Crippen LogP contribution >= 0.6 is 0 Å². The molecule has 1 aliphatic rings. The largest absolute Gasteiger partial charge is 0.508 e. The van der Waals surface area contributed by atoms with Crippen molar-refractivity contribution in [1.29, 1.82) is 0 Å². The van der Waals surface area contributed by atoms with E-state index < -0.39 is 60.6 Å². The fourth-order valence-electron chi connectivity index (χ4n) is 5.62. The average molecular weight is 670 g/mol. The number of anilines is 1. The molecule has 0 spiro atoms. The summed E-state index contributed by atoms with van der Waals surface area (Å²) in [6.45, 7) is 2.49. The monoisotopic (exact) mass is 669 g/mol. The molecule has 0 saturated heterocycles. The van der Waals surface area contributed by atoms with E-state index in [2.05, 4.69) is 17.6 Å². The van der Waals surface area contributed by atoms with Gasteiger partial charge in [0, 0.05) is 30.7 Å². The molecule has 0 heterocycles. The maximum atomic E-state index is 13.5. The van der Waals surface area contributed by atoms with Crippen LogP contribution in [0.15, 0.2) is 54.6 Å². The Morgan fingerprint density at radius 2 is 1.69 bits per heavy atom. The van der Waals surface area contributed by atoms with Crippen molar-refractivity contribution in [3.63, 3.8) is 0 Å². The van der Waals surface area contributed by atoms with Crippen LogP contribution in [0, 0.1) is 5.92 Å². The fraction of sp³-hybridized carbons (Fsp3) is 0.528. The second kappa shape index (κ2) is 19.8. The molecular weight excluding hydrogens is 618 g/mol. The molecule has 0 aliphatic heterocycles. The second-order valence-corrected chi connectivity index (χ2v) is 12.4. The molecule has 2 aromatic rings. The van der Waals surface area contributed by atoms with Crippen molar-refractivity contribution in [1.82, 2.24) is 5.32 Å². The van der Waals surface area contributed by atoms with Gasteiger partial charge in [-0.2, -0.15) is 0 Å². The van der Waals surface area contributed by atoms with Crippen LogP contribution in [0.5, 0.6) is 11.5 Å². The number of hydrogen-bond donors (Lipinski definition) is 7. The van der Waals surface area contributed by atoms with Gasteiger partial charge in [0.1, 0.15) is 29.2 Å². The highest BCUT2D eigenvalue weighted by molar-refractivity contribution is 5.98. The van der Waals surface area contributed by atoms with E-state index in [-0.39, 0.29) is 25.1 Å². The number of esters is 1. The number of phenolic OH excluding ortho intramolecular Hbond substituents is 1. The number of nitrogens with one attached hydrogen (secondary N) is 2. The smallest absolute Gasteiger partial charge is 0.331 e. The molecule has 3 rings (SSSR count). The predicted octanol–water partition coefficient (Wildman–Crippen LogP) is 3.41. The summed E-state index contributed by atoms with van der Waals surface area (Å²) in [5.41, 5.74) is 4.62. The average Bonchev–Trinajstić information content (AvgIpc) is 3.08. The Bertz CT molecular complexity index is 1320. The lowest BCUT2D eigenvalue weighted by atomic mass is 9.74. The van der Waals surface area contributed by atoms with Crippen LogP contribution in [0.1, 0.15) is 76.7 Å². The van der Waals surface area contributed by atoms with E-state index in [4.69, 9.17) is 15.2 Å². The van der Waals surface area contributed by atoms with E-state index in [0.29, 0.717) is 30.0 Å². The van der Waals surface area contributed by atoms with E-state index in [9.17, 15) is 34.8 Å². The zero-order chi connectivity index (χ0) is 34.9. The molecule has 2 aromatic carbocycles. The number of aliphatic hydroxyl groups excluding tert-OH is 2. The Hall–Kier alpha value is -3.97. The lowest BCUT2D eigenvalue weighted by Gasteiger charge is -2.42. The first-order valence-corrected chi connectivity index (χ1v) is 16.8. The summed E-state index contributed by atoms with van der Waals surface area (Å²) in [6, 6.07) is 11.9. The quantitative estimate of drug-likeness (QED) is 0.0660. The standard InChI is InChI=1S/C36H51N3O9/c1-2-3-4-5-6-7-21-47-29-17-13-27(14-18-29)38-34(44)30(9-8-20-37)39-35(45)36(46)22-26(24-40)33(43)31(23-36)48-32(42)19-12-25-10-15-28(41)16-11-25/h10-19,26,30-31,33,40-41,43,46H,2-9,20-24,37H2,1H3,(H,38,44)(H,39,45)/b19-12+. The molecule has 1 saturated carbocycles. The highest BCUT2D eigenvalue weighted by Crippen LogP contribution is 2.35. The van der Waals surface area contributed by atoms with Gasteiger partial charge in [0.25, 0.3) is 5.91 Å². The molecule has 1 fully saturated rings. The first-order valence-electron chi connectivity index (χ1n) is 16.8. The Morgan fingerprint density at radius 1 is 1.00 bits per heavy atom. The van der Waals surface area contributed by atoms with Gasteiger partial charge in [-0.25, -0.2) is 4.79 Å². The first-order chi connectivity index (χ1) is 23.1. The normalized spacial score (nSPS) is 21.4. The van der Waals surface area contributed by atoms with Crippen LogP contribution in [0.25, 0.3) is 6.08 Å². The first kappa shape index (κ1) is 38.5. The maximum absolute atomic E-state index is 13.5. The number of rotatable bonds is 19. The van der Waals surface area contributed by atoms with Crippen LogP contribution < -0.4 is 21.1 Å². The summed E-state index contributed by atoms with van der Waals surface area (Å²) in [4.78, 5) is 39.4. The third-order valence-electron chi connectivity index (χ3n) is 8.44. The topological polar surface area (TPSA) is 201 Å². The Labute approximate surface area is 282 Å². The van der Waals surface area contributed by atoms with Gasteiger partial charge in [0.05, 0.1) is 12.7 Å². The number of amides is 2. The third kappa shape index (κ3) is 12.2. The van der Waals surface area contributed by atoms with Crippen molar-refractivity contribution in [2.75, 3.05) is 25.1 Å². The van der Waals surface area contributed by atoms with Crippen molar-refractivity contribution in [2.24, 2.45) is 11.7 Å². The molecule has 264 valence electrons. The van der Waals surface area contributed by atoms with Crippen LogP contribution in [0.4, 0.5) is 5.69 Å². The van der Waals surface area contributed by atoms with Gasteiger partial charge in [-0.05, 0) is 80.3 Å². The minimum Gasteiger partial charge on any atom is -0.508 e. The van der Waals surface area contributed by atoms with E-state index in [1.807, 2.05) is 0 Å². The van der Waals surface area contributed by atoms with Crippen LogP contribution in [-0.2, 0) is 19.1 Å². The summed E-state index contributed by atoms with van der Waals surface area (Å²) >= 11 is 0. The number of aromatic hydroxyl groups is 1. The third-order valence-corrected chi connectivity index (χ3v) is 8.44. The summed E-state index contributed by atoms with van der Waals surface area (Å²) in [6.07, 6.45) is 6.69. The molecule has 0 radical (unpaired) electrons. The summed E-state index contributed by atoms with van der Waals surface area (Å²) in [7, 11) is 0. The number of carbonyl (C=O) groups excluding carboxylic acids is 3. The highest BCUT2D eigenvalue weighted by Gasteiger charge is 2.50. The molecule has 8 N–H and O–H groups in total. The lowest BCUT2D eigenvalue weighted by molar-refractivity contribution is -0.181. The highest BCUT2D eigenvalue weighted by atomic mass is 16.6. The number of ether oxygens (including phenoxy) is 2. The summed E-state index contributed by atoms with van der Waals surface area (Å²) < 4.78 is 11.2. The Balaban J connectivity index is 1.60. The van der Waals surface area contributed by atoms with Gasteiger partial charge < -0.3 is 46.3 Å². The van der Waals surface area contributed by atoms with Gasteiger partial charge in [-0.1, -0.05) is 51.2 Å². The van der Waals surface area contributed by atoms with Crippen molar-refractivity contribution >= 4 is 29.5 Å². The Kier molecular flexibility index (Phi) is 15.8. The van der Waals surface area contributed by atoms with Gasteiger partial charge in [-0.3, -0.25) is 9.59 Å². The van der Waals surface area contributed by atoms with Gasteiger partial charge in [0.15, 0.2) is 0 Å². The number of unbranched alkanes of at least 4 members (excludes halogenated alkanes) is 5. The minimum absolute atomic E-state index is 0.0634. The lowest BCUT2D eigenvalue weighted by Crippen LogP contribution is -2.60. The molecule has 2 amide bonds.